The molecule has 0 aliphatic carbocycles. The smallest absolute Gasteiger partial charge is 0.271 e. The number of carbonyl (C=O) groups is 1. The van der Waals surface area contributed by atoms with Crippen molar-refractivity contribution in [1.82, 2.24) is 14.0 Å². The van der Waals surface area contributed by atoms with E-state index >= 15 is 0 Å². The predicted molar refractivity (Wildman–Crippen MR) is 194 cm³/mol. The number of aromatic nitrogens is 2. The average Bonchev–Trinajstić information content (AvgIpc) is 3.63. The molecule has 6 aromatic rings. The van der Waals surface area contributed by atoms with Gasteiger partial charge < -0.3 is 14.2 Å². The lowest BCUT2D eigenvalue weighted by Crippen LogP contribution is -2.43. The molecule has 244 valence electrons. The molecule has 0 bridgehead atoms. The van der Waals surface area contributed by atoms with Gasteiger partial charge in [0.15, 0.2) is 4.80 Å². The van der Waals surface area contributed by atoms with Crippen molar-refractivity contribution < 1.29 is 9.53 Å². The standard InChI is InChI=1S/C40H35N5O3S/c1-5-43(6-2)39(47)35-25(3)42-40-45(37(35)36-31-13-8-7-11-28(31)19-20-33(36)48-4)38(46)34(49-40)21-29-24-44(32-14-10-9-12-30(29)32)23-27-17-15-26(22-41)16-18-27/h7-21,24,37H,5-6,23H2,1-4H3/b34-21+/t37-/m1/s1. The Morgan fingerprint density at radius 3 is 2.43 bits per heavy atom. The highest BCUT2D eigenvalue weighted by molar-refractivity contribution is 7.07. The van der Waals surface area contributed by atoms with E-state index in [0.29, 0.717) is 51.6 Å². The molecule has 49 heavy (non-hydrogen) atoms. The number of ether oxygens (including phenoxy) is 1. The maximum atomic E-state index is 14.7. The normalized spacial score (nSPS) is 14.5. The molecule has 4 aromatic carbocycles. The van der Waals surface area contributed by atoms with Gasteiger partial charge in [-0.05, 0) is 67.4 Å². The van der Waals surface area contributed by atoms with Gasteiger partial charge in [-0.3, -0.25) is 14.2 Å². The fraction of sp³-hybridized carbons (Fsp3) is 0.200. The van der Waals surface area contributed by atoms with Crippen molar-refractivity contribution in [1.29, 1.82) is 5.26 Å². The average molecular weight is 666 g/mol. The molecule has 3 heterocycles. The minimum atomic E-state index is -0.745. The number of likely N-dealkylation sites (N-methyl/N-ethyl adjacent to an activating group) is 1. The fourth-order valence-corrected chi connectivity index (χ4v) is 7.87. The molecule has 1 amide bonds. The highest BCUT2D eigenvalue weighted by Gasteiger charge is 2.36. The number of hydrogen-bond acceptors (Lipinski definition) is 6. The molecule has 7 rings (SSSR count). The Balaban J connectivity index is 1.44. The zero-order chi connectivity index (χ0) is 34.2. The van der Waals surface area contributed by atoms with Crippen LogP contribution in [-0.4, -0.2) is 40.1 Å². The summed E-state index contributed by atoms with van der Waals surface area (Å²) < 4.78 is 10.3. The number of amides is 1. The Kier molecular flexibility index (Phi) is 8.49. The van der Waals surface area contributed by atoms with Crippen molar-refractivity contribution in [3.05, 3.63) is 144 Å². The monoisotopic (exact) mass is 665 g/mol. The Morgan fingerprint density at radius 1 is 1.00 bits per heavy atom. The van der Waals surface area contributed by atoms with Gasteiger partial charge in [0, 0.05) is 47.9 Å². The maximum Gasteiger partial charge on any atom is 0.271 e. The summed E-state index contributed by atoms with van der Waals surface area (Å²) in [4.78, 5) is 36.2. The van der Waals surface area contributed by atoms with Crippen LogP contribution in [0, 0.1) is 11.3 Å². The summed E-state index contributed by atoms with van der Waals surface area (Å²) in [6.07, 6.45) is 4.00. The van der Waals surface area contributed by atoms with Crippen LogP contribution >= 0.6 is 11.3 Å². The Hall–Kier alpha value is -5.72. The molecular weight excluding hydrogens is 631 g/mol. The molecule has 1 aliphatic rings. The first-order valence-electron chi connectivity index (χ1n) is 16.3. The third kappa shape index (κ3) is 5.54. The molecule has 0 unspecified atom stereocenters. The molecule has 2 aromatic heterocycles. The summed E-state index contributed by atoms with van der Waals surface area (Å²) in [5.41, 5.74) is 5.22. The van der Waals surface area contributed by atoms with Crippen LogP contribution in [0.1, 0.15) is 49.1 Å². The number of benzene rings is 4. The minimum Gasteiger partial charge on any atom is -0.496 e. The second-order valence-corrected chi connectivity index (χ2v) is 13.0. The number of allylic oxidation sites excluding steroid dienone is 1. The summed E-state index contributed by atoms with van der Waals surface area (Å²) in [5, 5.41) is 12.1. The topological polar surface area (TPSA) is 92.6 Å². The zero-order valence-corrected chi connectivity index (χ0v) is 28.6. The van der Waals surface area contributed by atoms with Crippen molar-refractivity contribution in [2.75, 3.05) is 20.2 Å². The van der Waals surface area contributed by atoms with Crippen LogP contribution in [0.25, 0.3) is 27.8 Å². The fourth-order valence-electron chi connectivity index (χ4n) is 6.83. The molecule has 1 aliphatic heterocycles. The summed E-state index contributed by atoms with van der Waals surface area (Å²) in [7, 11) is 1.62. The van der Waals surface area contributed by atoms with E-state index in [9.17, 15) is 14.9 Å². The first kappa shape index (κ1) is 31.9. The van der Waals surface area contributed by atoms with Crippen LogP contribution in [0.15, 0.2) is 112 Å². The third-order valence-corrected chi connectivity index (χ3v) is 10.3. The Morgan fingerprint density at radius 2 is 1.71 bits per heavy atom. The van der Waals surface area contributed by atoms with Crippen molar-refractivity contribution in [3.8, 4) is 11.8 Å². The number of thiazole rings is 1. The molecule has 1 atom stereocenters. The molecule has 0 spiro atoms. The van der Waals surface area contributed by atoms with E-state index in [1.165, 1.54) is 11.3 Å². The number of para-hydroxylation sites is 1. The van der Waals surface area contributed by atoms with Crippen molar-refractivity contribution in [2.24, 2.45) is 4.99 Å². The van der Waals surface area contributed by atoms with Crippen LogP contribution < -0.4 is 19.6 Å². The van der Waals surface area contributed by atoms with E-state index in [2.05, 4.69) is 29.0 Å². The van der Waals surface area contributed by atoms with Gasteiger partial charge in [0.05, 0.1) is 34.5 Å². The lowest BCUT2D eigenvalue weighted by Gasteiger charge is -2.30. The maximum absolute atomic E-state index is 14.7. The van der Waals surface area contributed by atoms with Gasteiger partial charge in [-0.25, -0.2) is 4.99 Å². The number of methoxy groups -OCH3 is 1. The molecule has 8 nitrogen and oxygen atoms in total. The van der Waals surface area contributed by atoms with E-state index in [1.54, 1.807) is 16.6 Å². The van der Waals surface area contributed by atoms with Crippen LogP contribution in [0.3, 0.4) is 0 Å². The highest BCUT2D eigenvalue weighted by atomic mass is 32.1. The van der Waals surface area contributed by atoms with Gasteiger partial charge in [-0.2, -0.15) is 5.26 Å². The van der Waals surface area contributed by atoms with Crippen LogP contribution in [-0.2, 0) is 11.3 Å². The van der Waals surface area contributed by atoms with Crippen molar-refractivity contribution in [2.45, 2.75) is 33.4 Å². The molecular formula is C40H35N5O3S. The van der Waals surface area contributed by atoms with Crippen molar-refractivity contribution in [3.63, 3.8) is 0 Å². The van der Waals surface area contributed by atoms with E-state index in [0.717, 1.165) is 38.4 Å². The van der Waals surface area contributed by atoms with E-state index < -0.39 is 6.04 Å². The third-order valence-electron chi connectivity index (χ3n) is 9.27. The second kappa shape index (κ2) is 13.1. The number of rotatable bonds is 8. The summed E-state index contributed by atoms with van der Waals surface area (Å²) >= 11 is 1.33. The number of nitriles is 1. The van der Waals surface area contributed by atoms with E-state index in [1.807, 2.05) is 99.6 Å². The minimum absolute atomic E-state index is 0.147. The summed E-state index contributed by atoms with van der Waals surface area (Å²) in [6, 6.07) is 29.0. The summed E-state index contributed by atoms with van der Waals surface area (Å²) in [6.45, 7) is 7.44. The number of carbonyl (C=O) groups excluding carboxylic acids is 1. The second-order valence-electron chi connectivity index (χ2n) is 12.0. The van der Waals surface area contributed by atoms with Crippen LogP contribution in [0.5, 0.6) is 5.75 Å². The first-order chi connectivity index (χ1) is 23.9. The van der Waals surface area contributed by atoms with Gasteiger partial charge in [0.1, 0.15) is 11.8 Å². The molecule has 0 saturated carbocycles. The SMILES string of the molecule is CCN(CC)C(=O)C1=C(C)N=c2s/c(=C/c3cn(Cc4ccc(C#N)cc4)c4ccccc34)c(=O)n2[C@H]1c1c(OC)ccc2ccccc12. The first-order valence-corrected chi connectivity index (χ1v) is 17.1. The highest BCUT2D eigenvalue weighted by Crippen LogP contribution is 2.40. The van der Waals surface area contributed by atoms with Crippen molar-refractivity contribution >= 4 is 45.0 Å². The summed E-state index contributed by atoms with van der Waals surface area (Å²) in [5.74, 6) is 0.454. The van der Waals surface area contributed by atoms with E-state index in [4.69, 9.17) is 9.73 Å². The predicted octanol–water partition coefficient (Wildman–Crippen LogP) is 6.14. The largest absolute Gasteiger partial charge is 0.496 e. The quantitative estimate of drug-likeness (QED) is 0.195. The lowest BCUT2D eigenvalue weighted by molar-refractivity contribution is -0.127. The van der Waals surface area contributed by atoms with Gasteiger partial charge in [0.2, 0.25) is 0 Å². The lowest BCUT2D eigenvalue weighted by atomic mass is 9.90. The van der Waals surface area contributed by atoms with Gasteiger partial charge in [-0.1, -0.05) is 72.0 Å². The number of hydrogen-bond donors (Lipinski definition) is 0. The Bertz CT molecular complexity index is 2510. The van der Waals surface area contributed by atoms with Gasteiger partial charge in [-0.15, -0.1) is 0 Å². The molecule has 0 radical (unpaired) electrons. The molecule has 0 saturated heterocycles. The van der Waals surface area contributed by atoms with Crippen LogP contribution in [0.2, 0.25) is 0 Å². The number of nitrogens with zero attached hydrogens (tertiary/aromatic N) is 5. The van der Waals surface area contributed by atoms with E-state index in [-0.39, 0.29) is 11.5 Å². The molecule has 0 N–H and O–H groups in total. The van der Waals surface area contributed by atoms with Gasteiger partial charge in [0.25, 0.3) is 11.5 Å². The number of fused-ring (bicyclic) bond motifs is 3. The molecule has 0 fully saturated rings. The van der Waals surface area contributed by atoms with Gasteiger partial charge >= 0.3 is 0 Å². The Labute approximate surface area is 287 Å². The zero-order valence-electron chi connectivity index (χ0n) is 27.8. The molecule has 9 heteroatoms. The van der Waals surface area contributed by atoms with Crippen LogP contribution in [0.4, 0.5) is 0 Å².